The van der Waals surface area contributed by atoms with Crippen LogP contribution in [0, 0.1) is 0 Å². The van der Waals surface area contributed by atoms with E-state index in [-0.39, 0.29) is 17.9 Å². The Hall–Kier alpha value is -2.44. The number of anilines is 1. The van der Waals surface area contributed by atoms with E-state index in [9.17, 15) is 5.11 Å². The molecule has 2 atom stereocenters. The lowest BCUT2D eigenvalue weighted by atomic mass is 10.0. The summed E-state index contributed by atoms with van der Waals surface area (Å²) >= 11 is 5.94. The van der Waals surface area contributed by atoms with Gasteiger partial charge in [-0.25, -0.2) is 0 Å². The van der Waals surface area contributed by atoms with Crippen LogP contribution in [0.4, 0.5) is 5.82 Å². The van der Waals surface area contributed by atoms with E-state index in [4.69, 9.17) is 16.3 Å². The van der Waals surface area contributed by atoms with Crippen molar-refractivity contribution in [1.29, 1.82) is 0 Å². The van der Waals surface area contributed by atoms with Crippen LogP contribution >= 0.6 is 11.6 Å². The van der Waals surface area contributed by atoms with Gasteiger partial charge in [0.15, 0.2) is 5.82 Å². The summed E-state index contributed by atoms with van der Waals surface area (Å²) in [5.74, 6) is 0.772. The molecule has 26 heavy (non-hydrogen) atoms. The van der Waals surface area contributed by atoms with Crippen LogP contribution in [-0.4, -0.2) is 39.0 Å². The number of phenolic OH excluding ortho intramolecular Hbond substituents is 1. The molecule has 2 N–H and O–H groups in total. The van der Waals surface area contributed by atoms with Crippen LogP contribution in [0.2, 0.25) is 5.02 Å². The van der Waals surface area contributed by atoms with Crippen molar-refractivity contribution in [3.63, 3.8) is 0 Å². The number of aromatic nitrogens is 3. The van der Waals surface area contributed by atoms with Crippen molar-refractivity contribution >= 4 is 28.2 Å². The van der Waals surface area contributed by atoms with Gasteiger partial charge in [-0.2, -0.15) is 0 Å². The minimum absolute atomic E-state index is 0.0730. The number of halogens is 1. The van der Waals surface area contributed by atoms with Crippen LogP contribution in [0.5, 0.6) is 5.75 Å². The fourth-order valence-electron chi connectivity index (χ4n) is 3.33. The van der Waals surface area contributed by atoms with Crippen LogP contribution in [0.1, 0.15) is 19.8 Å². The minimum Gasteiger partial charge on any atom is -0.507 e. The highest BCUT2D eigenvalue weighted by molar-refractivity contribution is 6.30. The number of benzene rings is 1. The molecule has 2 aromatic heterocycles. The summed E-state index contributed by atoms with van der Waals surface area (Å²) in [6.45, 7) is 2.81. The lowest BCUT2D eigenvalue weighted by molar-refractivity contribution is 0.0232. The standard InChI is InChI=1S/C19H19ClN4O2/c1-11-8-13(5-7-26-11)22-19-16-10-21-6-4-14(16)18(23-24-19)15-3-2-12(20)9-17(15)25/h2-4,6,9-11,13,25H,5,7-8H2,1H3,(H,22,24)/t11-,13-/m1/s1. The Morgan fingerprint density at radius 2 is 2.12 bits per heavy atom. The average molecular weight is 371 g/mol. The molecule has 4 rings (SSSR count). The van der Waals surface area contributed by atoms with E-state index in [1.165, 1.54) is 6.07 Å². The first-order valence-electron chi connectivity index (χ1n) is 8.59. The predicted molar refractivity (Wildman–Crippen MR) is 102 cm³/mol. The molecule has 1 saturated heterocycles. The molecule has 0 unspecified atom stereocenters. The Morgan fingerprint density at radius 3 is 2.92 bits per heavy atom. The third-order valence-corrected chi connectivity index (χ3v) is 4.86. The highest BCUT2D eigenvalue weighted by atomic mass is 35.5. The topological polar surface area (TPSA) is 80.2 Å². The van der Waals surface area contributed by atoms with Crippen LogP contribution < -0.4 is 5.32 Å². The summed E-state index contributed by atoms with van der Waals surface area (Å²) in [6, 6.07) is 7.13. The molecule has 3 heterocycles. The van der Waals surface area contributed by atoms with E-state index >= 15 is 0 Å². The molecule has 0 radical (unpaired) electrons. The third-order valence-electron chi connectivity index (χ3n) is 4.62. The van der Waals surface area contributed by atoms with Gasteiger partial charge in [-0.15, -0.1) is 10.2 Å². The van der Waals surface area contributed by atoms with Crippen LogP contribution in [0.3, 0.4) is 0 Å². The monoisotopic (exact) mass is 370 g/mol. The lowest BCUT2D eigenvalue weighted by Crippen LogP contribution is -2.32. The molecule has 1 aliphatic heterocycles. The number of hydrogen-bond acceptors (Lipinski definition) is 6. The number of ether oxygens (including phenoxy) is 1. The molecular formula is C19H19ClN4O2. The zero-order valence-electron chi connectivity index (χ0n) is 14.3. The molecule has 0 bridgehead atoms. The van der Waals surface area contributed by atoms with Crippen molar-refractivity contribution in [3.8, 4) is 17.0 Å². The van der Waals surface area contributed by atoms with Crippen molar-refractivity contribution in [2.24, 2.45) is 0 Å². The van der Waals surface area contributed by atoms with Crippen molar-refractivity contribution < 1.29 is 9.84 Å². The number of pyridine rings is 1. The molecule has 1 aliphatic rings. The fourth-order valence-corrected chi connectivity index (χ4v) is 3.50. The largest absolute Gasteiger partial charge is 0.507 e. The van der Waals surface area contributed by atoms with E-state index in [1.807, 2.05) is 6.07 Å². The first-order chi connectivity index (χ1) is 12.6. The summed E-state index contributed by atoms with van der Waals surface area (Å²) in [5.41, 5.74) is 1.19. The molecule has 0 amide bonds. The van der Waals surface area contributed by atoms with Crippen molar-refractivity contribution in [2.45, 2.75) is 31.9 Å². The van der Waals surface area contributed by atoms with Gasteiger partial charge in [0, 0.05) is 46.4 Å². The number of nitrogens with one attached hydrogen (secondary N) is 1. The zero-order valence-corrected chi connectivity index (χ0v) is 15.1. The van der Waals surface area contributed by atoms with Gasteiger partial charge in [0.2, 0.25) is 0 Å². The number of phenols is 1. The van der Waals surface area contributed by atoms with Crippen LogP contribution in [0.15, 0.2) is 36.7 Å². The van der Waals surface area contributed by atoms with E-state index in [1.54, 1.807) is 24.5 Å². The van der Waals surface area contributed by atoms with Crippen LogP contribution in [-0.2, 0) is 4.74 Å². The molecule has 7 heteroatoms. The van der Waals surface area contributed by atoms with Gasteiger partial charge in [0.25, 0.3) is 0 Å². The molecule has 0 aliphatic carbocycles. The van der Waals surface area contributed by atoms with Gasteiger partial charge in [0.1, 0.15) is 11.4 Å². The van der Waals surface area contributed by atoms with E-state index in [2.05, 4.69) is 27.4 Å². The Labute approximate surface area is 156 Å². The molecule has 134 valence electrons. The first kappa shape index (κ1) is 17.0. The number of rotatable bonds is 3. The maximum absolute atomic E-state index is 10.3. The normalized spacial score (nSPS) is 20.2. The highest BCUT2D eigenvalue weighted by Crippen LogP contribution is 2.35. The smallest absolute Gasteiger partial charge is 0.158 e. The number of nitrogens with zero attached hydrogens (tertiary/aromatic N) is 3. The molecular weight excluding hydrogens is 352 g/mol. The second-order valence-corrected chi connectivity index (χ2v) is 6.96. The van der Waals surface area contributed by atoms with E-state index < -0.39 is 0 Å². The van der Waals surface area contributed by atoms with Gasteiger partial charge < -0.3 is 15.2 Å². The maximum Gasteiger partial charge on any atom is 0.158 e. The second kappa shape index (κ2) is 7.05. The van der Waals surface area contributed by atoms with Gasteiger partial charge >= 0.3 is 0 Å². The highest BCUT2D eigenvalue weighted by Gasteiger charge is 2.21. The fraction of sp³-hybridized carbons (Fsp3) is 0.316. The summed E-state index contributed by atoms with van der Waals surface area (Å²) < 4.78 is 5.61. The van der Waals surface area contributed by atoms with E-state index in [0.29, 0.717) is 22.1 Å². The number of hydrogen-bond donors (Lipinski definition) is 2. The van der Waals surface area contributed by atoms with Crippen molar-refractivity contribution in [1.82, 2.24) is 15.2 Å². The van der Waals surface area contributed by atoms with Crippen molar-refractivity contribution in [2.75, 3.05) is 11.9 Å². The molecule has 0 saturated carbocycles. The van der Waals surface area contributed by atoms with Gasteiger partial charge in [0.05, 0.1) is 6.10 Å². The Kier molecular flexibility index (Phi) is 4.61. The zero-order chi connectivity index (χ0) is 18.1. The summed E-state index contributed by atoms with van der Waals surface area (Å²) in [6.07, 6.45) is 5.55. The quantitative estimate of drug-likeness (QED) is 0.724. The average Bonchev–Trinajstić information content (AvgIpc) is 2.63. The number of fused-ring (bicyclic) bond motifs is 1. The second-order valence-electron chi connectivity index (χ2n) is 6.53. The summed E-state index contributed by atoms with van der Waals surface area (Å²) in [5, 5.41) is 24.7. The number of aromatic hydroxyl groups is 1. The minimum atomic E-state index is 0.0730. The Morgan fingerprint density at radius 1 is 1.23 bits per heavy atom. The molecule has 3 aromatic rings. The Balaban J connectivity index is 1.76. The summed E-state index contributed by atoms with van der Waals surface area (Å²) in [7, 11) is 0. The summed E-state index contributed by atoms with van der Waals surface area (Å²) in [4.78, 5) is 4.24. The SMILES string of the molecule is C[C@@H]1C[C@H](Nc2nnc(-c3ccc(Cl)cc3O)c3ccncc23)CCO1. The third kappa shape index (κ3) is 3.30. The molecule has 1 fully saturated rings. The van der Waals surface area contributed by atoms with Gasteiger partial charge in [-0.1, -0.05) is 11.6 Å². The lowest BCUT2D eigenvalue weighted by Gasteiger charge is -2.28. The molecule has 1 aromatic carbocycles. The Bertz CT molecular complexity index is 950. The molecule has 0 spiro atoms. The van der Waals surface area contributed by atoms with Crippen molar-refractivity contribution in [3.05, 3.63) is 41.7 Å². The van der Waals surface area contributed by atoms with Gasteiger partial charge in [-0.05, 0) is 44.0 Å². The maximum atomic E-state index is 10.3. The van der Waals surface area contributed by atoms with Crippen LogP contribution in [0.25, 0.3) is 22.0 Å². The van der Waals surface area contributed by atoms with Gasteiger partial charge in [-0.3, -0.25) is 4.98 Å². The van der Waals surface area contributed by atoms with E-state index in [0.717, 1.165) is 30.2 Å². The predicted octanol–water partition coefficient (Wildman–Crippen LogP) is 4.03. The first-order valence-corrected chi connectivity index (χ1v) is 8.97. The molecule has 6 nitrogen and oxygen atoms in total.